The fourth-order valence-electron chi connectivity index (χ4n) is 1.97. The van der Waals surface area contributed by atoms with Crippen LogP contribution >= 0.6 is 11.6 Å². The molecule has 0 saturated heterocycles. The van der Waals surface area contributed by atoms with E-state index in [2.05, 4.69) is 25.2 Å². The van der Waals surface area contributed by atoms with E-state index in [0.717, 1.165) is 11.3 Å². The lowest BCUT2D eigenvalue weighted by Gasteiger charge is -2.10. The minimum atomic E-state index is -0.113. The van der Waals surface area contributed by atoms with Crippen molar-refractivity contribution >= 4 is 23.2 Å². The average molecular weight is 288 g/mol. The molecule has 0 aliphatic rings. The van der Waals surface area contributed by atoms with Gasteiger partial charge in [0, 0.05) is 17.1 Å². The highest BCUT2D eigenvalue weighted by atomic mass is 35.5. The van der Waals surface area contributed by atoms with Gasteiger partial charge in [-0.1, -0.05) is 38.1 Å². The Labute approximate surface area is 124 Å². The Bertz CT molecular complexity index is 607. The number of anilines is 1. The summed E-state index contributed by atoms with van der Waals surface area (Å²) in [5.41, 5.74) is 3.59. The first-order valence-corrected chi connectivity index (χ1v) is 7.20. The van der Waals surface area contributed by atoms with E-state index >= 15 is 0 Å². The van der Waals surface area contributed by atoms with E-state index < -0.39 is 0 Å². The first-order chi connectivity index (χ1) is 9.60. The first kappa shape index (κ1) is 14.6. The molecule has 2 nitrogen and oxygen atoms in total. The number of nitrogens with one attached hydrogen (secondary N) is 1. The summed E-state index contributed by atoms with van der Waals surface area (Å²) in [6.45, 7) is 4.26. The summed E-state index contributed by atoms with van der Waals surface area (Å²) in [6.07, 6.45) is 0. The van der Waals surface area contributed by atoms with Crippen LogP contribution in [0.2, 0.25) is 0 Å². The molecule has 0 radical (unpaired) electrons. The van der Waals surface area contributed by atoms with Gasteiger partial charge in [-0.25, -0.2) is 0 Å². The number of carbonyl (C=O) groups excluding carboxylic acids is 1. The maximum Gasteiger partial charge on any atom is 0.255 e. The number of benzene rings is 2. The van der Waals surface area contributed by atoms with Crippen LogP contribution in [0.3, 0.4) is 0 Å². The summed E-state index contributed by atoms with van der Waals surface area (Å²) in [5.74, 6) is 0.730. The number of hydrogen-bond acceptors (Lipinski definition) is 1. The Kier molecular flexibility index (Phi) is 4.80. The van der Waals surface area contributed by atoms with Crippen LogP contribution in [0.1, 0.15) is 41.3 Å². The largest absolute Gasteiger partial charge is 0.322 e. The second-order valence-electron chi connectivity index (χ2n) is 5.07. The van der Waals surface area contributed by atoms with Gasteiger partial charge < -0.3 is 5.32 Å². The Morgan fingerprint density at radius 2 is 1.90 bits per heavy atom. The van der Waals surface area contributed by atoms with Gasteiger partial charge in [0.05, 0.1) is 0 Å². The molecule has 2 aromatic carbocycles. The van der Waals surface area contributed by atoms with Crippen molar-refractivity contribution < 1.29 is 4.79 Å². The molecule has 0 saturated carbocycles. The Morgan fingerprint density at radius 3 is 2.60 bits per heavy atom. The van der Waals surface area contributed by atoms with E-state index in [1.54, 1.807) is 6.07 Å². The molecule has 3 heteroatoms. The van der Waals surface area contributed by atoms with Crippen LogP contribution in [-0.2, 0) is 5.88 Å². The molecule has 0 bridgehead atoms. The summed E-state index contributed by atoms with van der Waals surface area (Å²) in [5, 5.41) is 2.92. The van der Waals surface area contributed by atoms with Crippen LogP contribution in [0.4, 0.5) is 5.69 Å². The second-order valence-corrected chi connectivity index (χ2v) is 5.34. The zero-order valence-electron chi connectivity index (χ0n) is 11.7. The molecule has 20 heavy (non-hydrogen) atoms. The number of rotatable bonds is 4. The Balaban J connectivity index is 2.16. The van der Waals surface area contributed by atoms with Gasteiger partial charge in [-0.2, -0.15) is 0 Å². The Hall–Kier alpha value is -1.80. The third kappa shape index (κ3) is 3.61. The number of halogens is 1. The van der Waals surface area contributed by atoms with Gasteiger partial charge in [-0.15, -0.1) is 11.6 Å². The molecule has 0 heterocycles. The SMILES string of the molecule is CC(C)c1cccc(NC(=O)c2cccc(CCl)c2)c1. The molecule has 0 fully saturated rings. The van der Waals surface area contributed by atoms with Crippen LogP contribution < -0.4 is 5.32 Å². The van der Waals surface area contributed by atoms with Gasteiger partial charge in [0.15, 0.2) is 0 Å². The molecule has 0 spiro atoms. The highest BCUT2D eigenvalue weighted by Crippen LogP contribution is 2.19. The van der Waals surface area contributed by atoms with E-state index in [1.807, 2.05) is 36.4 Å². The van der Waals surface area contributed by atoms with Gasteiger partial charge in [-0.3, -0.25) is 4.79 Å². The molecule has 0 aliphatic heterocycles. The minimum absolute atomic E-state index is 0.113. The van der Waals surface area contributed by atoms with E-state index in [-0.39, 0.29) is 5.91 Å². The maximum atomic E-state index is 12.2. The molecule has 0 unspecified atom stereocenters. The summed E-state index contributed by atoms with van der Waals surface area (Å²) in [7, 11) is 0. The lowest BCUT2D eigenvalue weighted by Crippen LogP contribution is -2.12. The van der Waals surface area contributed by atoms with Crippen molar-refractivity contribution in [2.75, 3.05) is 5.32 Å². The molecule has 0 aliphatic carbocycles. The van der Waals surface area contributed by atoms with E-state index in [1.165, 1.54) is 5.56 Å². The van der Waals surface area contributed by atoms with Crippen LogP contribution in [-0.4, -0.2) is 5.91 Å². The number of amides is 1. The molecular formula is C17H18ClNO. The molecule has 1 N–H and O–H groups in total. The lowest BCUT2D eigenvalue weighted by atomic mass is 10.0. The number of carbonyl (C=O) groups is 1. The highest BCUT2D eigenvalue weighted by Gasteiger charge is 2.07. The molecule has 1 amide bonds. The summed E-state index contributed by atoms with van der Waals surface area (Å²) in [4.78, 5) is 12.2. The predicted molar refractivity (Wildman–Crippen MR) is 84.5 cm³/mol. The van der Waals surface area contributed by atoms with Crippen LogP contribution in [0.15, 0.2) is 48.5 Å². The molecule has 2 rings (SSSR count). The van der Waals surface area contributed by atoms with Crippen molar-refractivity contribution in [1.82, 2.24) is 0 Å². The third-order valence-corrected chi connectivity index (χ3v) is 3.46. The van der Waals surface area contributed by atoms with Crippen molar-refractivity contribution in [3.05, 3.63) is 65.2 Å². The number of alkyl halides is 1. The van der Waals surface area contributed by atoms with Gasteiger partial charge in [0.1, 0.15) is 0 Å². The van der Waals surface area contributed by atoms with Crippen molar-refractivity contribution in [2.45, 2.75) is 25.6 Å². The monoisotopic (exact) mass is 287 g/mol. The summed E-state index contributed by atoms with van der Waals surface area (Å²) in [6, 6.07) is 15.3. The molecule has 0 aromatic heterocycles. The summed E-state index contributed by atoms with van der Waals surface area (Å²) < 4.78 is 0. The maximum absolute atomic E-state index is 12.2. The Morgan fingerprint density at radius 1 is 1.15 bits per heavy atom. The highest BCUT2D eigenvalue weighted by molar-refractivity contribution is 6.17. The van der Waals surface area contributed by atoms with Crippen LogP contribution in [0, 0.1) is 0 Å². The van der Waals surface area contributed by atoms with Gasteiger partial charge in [0.25, 0.3) is 5.91 Å². The molecule has 104 valence electrons. The van der Waals surface area contributed by atoms with Crippen molar-refractivity contribution in [1.29, 1.82) is 0 Å². The topological polar surface area (TPSA) is 29.1 Å². The fraction of sp³-hybridized carbons (Fsp3) is 0.235. The van der Waals surface area contributed by atoms with Gasteiger partial charge in [-0.05, 0) is 41.3 Å². The van der Waals surface area contributed by atoms with Crippen LogP contribution in [0.25, 0.3) is 0 Å². The summed E-state index contributed by atoms with van der Waals surface area (Å²) >= 11 is 5.79. The molecule has 2 aromatic rings. The molecular weight excluding hydrogens is 270 g/mol. The zero-order valence-corrected chi connectivity index (χ0v) is 12.4. The quantitative estimate of drug-likeness (QED) is 0.804. The van der Waals surface area contributed by atoms with Gasteiger partial charge >= 0.3 is 0 Å². The van der Waals surface area contributed by atoms with Crippen molar-refractivity contribution in [2.24, 2.45) is 0 Å². The smallest absolute Gasteiger partial charge is 0.255 e. The van der Waals surface area contributed by atoms with Crippen molar-refractivity contribution in [3.8, 4) is 0 Å². The van der Waals surface area contributed by atoms with E-state index in [9.17, 15) is 4.79 Å². The minimum Gasteiger partial charge on any atom is -0.322 e. The standard InChI is InChI=1S/C17H18ClNO/c1-12(2)14-6-4-8-16(10-14)19-17(20)15-7-3-5-13(9-15)11-18/h3-10,12H,11H2,1-2H3,(H,19,20). The zero-order chi connectivity index (χ0) is 14.5. The van der Waals surface area contributed by atoms with E-state index in [0.29, 0.717) is 17.4 Å². The third-order valence-electron chi connectivity index (χ3n) is 3.15. The van der Waals surface area contributed by atoms with Crippen molar-refractivity contribution in [3.63, 3.8) is 0 Å². The average Bonchev–Trinajstić information content (AvgIpc) is 2.47. The normalized spacial score (nSPS) is 10.6. The fourth-order valence-corrected chi connectivity index (χ4v) is 2.14. The first-order valence-electron chi connectivity index (χ1n) is 6.66. The van der Waals surface area contributed by atoms with Crippen LogP contribution in [0.5, 0.6) is 0 Å². The molecule has 0 atom stereocenters. The number of hydrogen-bond donors (Lipinski definition) is 1. The van der Waals surface area contributed by atoms with E-state index in [4.69, 9.17) is 11.6 Å². The lowest BCUT2D eigenvalue weighted by molar-refractivity contribution is 0.102. The van der Waals surface area contributed by atoms with Gasteiger partial charge in [0.2, 0.25) is 0 Å². The predicted octanol–water partition coefficient (Wildman–Crippen LogP) is 4.80. The second kappa shape index (κ2) is 6.58.